The Hall–Kier alpha value is -4.01. The zero-order valence-corrected chi connectivity index (χ0v) is 16.8. The summed E-state index contributed by atoms with van der Waals surface area (Å²) in [4.78, 5) is 28.3. The SMILES string of the molecule is O=c1ccc2ccc3ccccc3c2[nH]1.O=c1ccc2ccc3ccccc3c2[nH]1.[Be+2].[H-].[H-]. The van der Waals surface area contributed by atoms with Gasteiger partial charge in [0.1, 0.15) is 0 Å². The molecule has 4 nitrogen and oxygen atoms in total. The molecule has 0 radical (unpaired) electrons. The first-order chi connectivity index (χ1) is 14.7. The summed E-state index contributed by atoms with van der Waals surface area (Å²) in [7, 11) is 0. The molecule has 0 aliphatic carbocycles. The Bertz CT molecular complexity index is 1540. The minimum Gasteiger partial charge on any atom is -1.00 e. The number of fused-ring (bicyclic) bond motifs is 6. The first-order valence-electron chi connectivity index (χ1n) is 9.71. The van der Waals surface area contributed by atoms with Crippen molar-refractivity contribution in [2.24, 2.45) is 0 Å². The fourth-order valence-corrected chi connectivity index (χ4v) is 3.79. The molecule has 5 heteroatoms. The summed E-state index contributed by atoms with van der Waals surface area (Å²) in [6.07, 6.45) is 0. The van der Waals surface area contributed by atoms with Crippen molar-refractivity contribution in [3.63, 3.8) is 0 Å². The molecule has 31 heavy (non-hydrogen) atoms. The number of H-pyrrole nitrogens is 2. The number of hydrogen-bond donors (Lipinski definition) is 2. The van der Waals surface area contributed by atoms with Crippen LogP contribution in [0.5, 0.6) is 0 Å². The largest absolute Gasteiger partial charge is 2.00 e. The third-order valence-corrected chi connectivity index (χ3v) is 5.25. The minimum atomic E-state index is -0.0566. The van der Waals surface area contributed by atoms with E-state index in [-0.39, 0.29) is 24.1 Å². The van der Waals surface area contributed by atoms with Crippen molar-refractivity contribution >= 4 is 53.5 Å². The summed E-state index contributed by atoms with van der Waals surface area (Å²) >= 11 is 0. The molecule has 0 bridgehead atoms. The van der Waals surface area contributed by atoms with Gasteiger partial charge in [0.25, 0.3) is 0 Å². The Morgan fingerprint density at radius 3 is 1.26 bits per heavy atom. The Labute approximate surface area is 184 Å². The molecule has 0 amide bonds. The van der Waals surface area contributed by atoms with Crippen LogP contribution in [0.3, 0.4) is 0 Å². The molecule has 0 fully saturated rings. The zero-order chi connectivity index (χ0) is 20.5. The first kappa shape index (κ1) is 20.3. The first-order valence-corrected chi connectivity index (χ1v) is 9.71. The summed E-state index contributed by atoms with van der Waals surface area (Å²) < 4.78 is 0. The van der Waals surface area contributed by atoms with Gasteiger partial charge >= 0.3 is 10.1 Å². The average molecular weight is 401 g/mol. The van der Waals surface area contributed by atoms with Crippen molar-refractivity contribution in [3.8, 4) is 0 Å². The molecular formula is C26H20BeN2O2. The normalized spacial score (nSPS) is 10.6. The fraction of sp³-hybridized carbons (Fsp3) is 0. The molecule has 2 N–H and O–H groups in total. The van der Waals surface area contributed by atoms with Crippen LogP contribution in [0.15, 0.2) is 107 Å². The maximum atomic E-state index is 11.3. The smallest absolute Gasteiger partial charge is 1.00 e. The second-order valence-corrected chi connectivity index (χ2v) is 7.15. The number of aromatic nitrogens is 2. The standard InChI is InChI=1S/2C13H9NO.Be.2H/c2*15-12-8-7-10-6-5-9-3-1-2-4-11(9)13(10)14-12;;;/h2*1-8H,(H,14,15);;;/q;;+2;2*-1. The maximum absolute atomic E-state index is 11.3. The molecule has 0 saturated carbocycles. The fourth-order valence-electron chi connectivity index (χ4n) is 3.79. The van der Waals surface area contributed by atoms with Crippen molar-refractivity contribution in [1.29, 1.82) is 0 Å². The quantitative estimate of drug-likeness (QED) is 0.271. The molecular weight excluding hydrogens is 381 g/mol. The number of pyridine rings is 2. The predicted octanol–water partition coefficient (Wildman–Crippen LogP) is 5.21. The Kier molecular flexibility index (Phi) is 5.48. The molecule has 0 spiro atoms. The van der Waals surface area contributed by atoms with Crippen LogP contribution in [0.2, 0.25) is 0 Å². The van der Waals surface area contributed by atoms with Crippen LogP contribution < -0.4 is 11.1 Å². The minimum absolute atomic E-state index is 0. The van der Waals surface area contributed by atoms with Crippen molar-refractivity contribution in [1.82, 2.24) is 9.97 Å². The van der Waals surface area contributed by atoms with E-state index in [1.165, 1.54) is 0 Å². The van der Waals surface area contributed by atoms with Gasteiger partial charge in [0.05, 0.1) is 11.0 Å². The molecule has 0 atom stereocenters. The summed E-state index contributed by atoms with van der Waals surface area (Å²) in [6.45, 7) is 0. The van der Waals surface area contributed by atoms with E-state index in [1.54, 1.807) is 12.1 Å². The summed E-state index contributed by atoms with van der Waals surface area (Å²) in [6, 6.07) is 31.1. The van der Waals surface area contributed by atoms with Gasteiger partial charge < -0.3 is 12.8 Å². The molecule has 0 saturated heterocycles. The van der Waals surface area contributed by atoms with E-state index in [2.05, 4.69) is 22.1 Å². The third kappa shape index (κ3) is 3.89. The second kappa shape index (κ2) is 8.39. The van der Waals surface area contributed by atoms with E-state index >= 15 is 0 Å². The number of aromatic amines is 2. The Morgan fingerprint density at radius 1 is 0.452 bits per heavy atom. The number of nitrogens with one attached hydrogen (secondary N) is 2. The molecule has 4 aromatic carbocycles. The van der Waals surface area contributed by atoms with Gasteiger partial charge in [-0.3, -0.25) is 9.59 Å². The van der Waals surface area contributed by atoms with E-state index in [0.717, 1.165) is 43.4 Å². The topological polar surface area (TPSA) is 65.7 Å². The third-order valence-electron chi connectivity index (χ3n) is 5.25. The summed E-state index contributed by atoms with van der Waals surface area (Å²) in [5, 5.41) is 6.60. The Balaban J connectivity index is 0.000000214. The molecule has 0 aliphatic heterocycles. The van der Waals surface area contributed by atoms with Crippen LogP contribution in [0.25, 0.3) is 43.4 Å². The van der Waals surface area contributed by atoms with Gasteiger partial charge in [-0.15, -0.1) is 0 Å². The molecule has 6 aromatic rings. The maximum Gasteiger partial charge on any atom is 2.00 e. The second-order valence-electron chi connectivity index (χ2n) is 7.15. The van der Waals surface area contributed by atoms with Crippen LogP contribution in [0.1, 0.15) is 2.85 Å². The average Bonchev–Trinajstić information content (AvgIpc) is 2.79. The monoisotopic (exact) mass is 401 g/mol. The van der Waals surface area contributed by atoms with Gasteiger partial charge in [-0.25, -0.2) is 0 Å². The number of hydrogen-bond acceptors (Lipinski definition) is 2. The summed E-state index contributed by atoms with van der Waals surface area (Å²) in [5.41, 5.74) is 1.72. The molecule has 0 unspecified atom stereocenters. The van der Waals surface area contributed by atoms with Gasteiger partial charge in [0, 0.05) is 22.9 Å². The van der Waals surface area contributed by atoms with Crippen LogP contribution in [0.4, 0.5) is 0 Å². The summed E-state index contributed by atoms with van der Waals surface area (Å²) in [5.74, 6) is 0. The molecule has 148 valence electrons. The van der Waals surface area contributed by atoms with Crippen LogP contribution in [-0.2, 0) is 0 Å². The van der Waals surface area contributed by atoms with E-state index in [9.17, 15) is 9.59 Å². The number of rotatable bonds is 0. The van der Waals surface area contributed by atoms with Crippen LogP contribution in [-0.4, -0.2) is 20.1 Å². The van der Waals surface area contributed by atoms with E-state index in [1.807, 2.05) is 72.8 Å². The van der Waals surface area contributed by atoms with Crippen molar-refractivity contribution < 1.29 is 2.85 Å². The van der Waals surface area contributed by atoms with Crippen LogP contribution in [0, 0.1) is 0 Å². The van der Waals surface area contributed by atoms with Crippen LogP contribution >= 0.6 is 0 Å². The van der Waals surface area contributed by atoms with Gasteiger partial charge in [0.2, 0.25) is 11.1 Å². The van der Waals surface area contributed by atoms with Crippen molar-refractivity contribution in [2.75, 3.05) is 0 Å². The van der Waals surface area contributed by atoms with Gasteiger partial charge in [-0.2, -0.15) is 0 Å². The van der Waals surface area contributed by atoms with Gasteiger partial charge in [-0.05, 0) is 33.7 Å². The molecule has 2 aromatic heterocycles. The zero-order valence-electron chi connectivity index (χ0n) is 18.8. The van der Waals surface area contributed by atoms with Gasteiger partial charge in [0.15, 0.2) is 0 Å². The van der Waals surface area contributed by atoms with Crippen molar-refractivity contribution in [3.05, 3.63) is 118 Å². The van der Waals surface area contributed by atoms with Gasteiger partial charge in [-0.1, -0.05) is 72.8 Å². The predicted molar refractivity (Wildman–Crippen MR) is 132 cm³/mol. The molecule has 2 heterocycles. The van der Waals surface area contributed by atoms with E-state index in [4.69, 9.17) is 0 Å². The number of benzene rings is 4. The van der Waals surface area contributed by atoms with E-state index in [0.29, 0.717) is 0 Å². The van der Waals surface area contributed by atoms with Crippen molar-refractivity contribution in [2.45, 2.75) is 0 Å². The molecule has 0 aliphatic rings. The Morgan fingerprint density at radius 2 is 0.806 bits per heavy atom. The van der Waals surface area contributed by atoms with E-state index < -0.39 is 0 Å². The molecule has 6 rings (SSSR count).